The Balaban J connectivity index is 1.03. The fourth-order valence-electron chi connectivity index (χ4n) is 9.02. The van der Waals surface area contributed by atoms with Crippen LogP contribution in [0.2, 0.25) is 0 Å². The van der Waals surface area contributed by atoms with Gasteiger partial charge in [-0.3, -0.25) is 9.59 Å². The molecule has 51 heavy (non-hydrogen) atoms. The van der Waals surface area contributed by atoms with E-state index >= 15 is 0 Å². The molecule has 8 rings (SSSR count). The van der Waals surface area contributed by atoms with E-state index in [1.807, 2.05) is 24.3 Å². The number of carbonyl (C=O) groups excluding carboxylic acids is 2. The van der Waals surface area contributed by atoms with Gasteiger partial charge >= 0.3 is 7.69 Å². The van der Waals surface area contributed by atoms with Crippen LogP contribution in [0.4, 0.5) is 0 Å². The van der Waals surface area contributed by atoms with Crippen LogP contribution in [0.25, 0.3) is 0 Å². The molecule has 2 atom stereocenters. The first-order valence-electron chi connectivity index (χ1n) is 19.3. The molecule has 2 unspecified atom stereocenters. The number of halogens is 2. The normalized spacial score (nSPS) is 29.3. The van der Waals surface area contributed by atoms with Crippen LogP contribution < -0.4 is 22.1 Å². The second-order valence-corrected chi connectivity index (χ2v) is 17.5. The molecule has 0 aromatic heterocycles. The molecule has 6 aliphatic carbocycles. The lowest BCUT2D eigenvalue weighted by molar-refractivity contribution is 0.0598. The van der Waals surface area contributed by atoms with Crippen LogP contribution in [0.1, 0.15) is 147 Å². The number of carbonyl (C=O) groups is 2. The number of rotatable bonds is 18. The number of fused-ring (bicyclic) bond motifs is 6. The molecule has 2 aromatic carbocycles. The quantitative estimate of drug-likeness (QED) is 0.0543. The zero-order valence-corrected chi connectivity index (χ0v) is 31.5. The van der Waals surface area contributed by atoms with Crippen molar-refractivity contribution in [2.75, 3.05) is 13.1 Å². The molecule has 0 spiro atoms. The molecular formula is C40H56BCl2N4O4. The lowest BCUT2D eigenvalue weighted by Crippen LogP contribution is -2.45. The lowest BCUT2D eigenvalue weighted by atomic mass is 9.57. The van der Waals surface area contributed by atoms with E-state index in [9.17, 15) is 9.59 Å². The number of benzene rings is 2. The van der Waals surface area contributed by atoms with Crippen molar-refractivity contribution in [2.45, 2.75) is 149 Å². The van der Waals surface area contributed by atoms with E-state index in [0.717, 1.165) is 103 Å². The van der Waals surface area contributed by atoms with Crippen LogP contribution in [0.3, 0.4) is 0 Å². The third-order valence-electron chi connectivity index (χ3n) is 12.7. The summed E-state index contributed by atoms with van der Waals surface area (Å²) in [6.45, 7) is 1.11. The fourth-order valence-corrected chi connectivity index (χ4v) is 9.58. The first-order valence-corrected chi connectivity index (χ1v) is 20.1. The van der Waals surface area contributed by atoms with Gasteiger partial charge in [-0.15, -0.1) is 23.2 Å². The molecule has 0 heterocycles. The van der Waals surface area contributed by atoms with Gasteiger partial charge in [-0.1, -0.05) is 24.3 Å². The van der Waals surface area contributed by atoms with Crippen LogP contribution in [0.5, 0.6) is 0 Å². The average Bonchev–Trinajstić information content (AvgIpc) is 3.16. The first kappa shape index (κ1) is 38.6. The Morgan fingerprint density at radius 3 is 1.24 bits per heavy atom. The highest BCUT2D eigenvalue weighted by atomic mass is 35.5. The largest absolute Gasteiger partial charge is 0.491 e. The molecule has 0 saturated heterocycles. The predicted octanol–water partition coefficient (Wildman–Crippen LogP) is 7.49. The molecule has 6 fully saturated rings. The number of nitrogens with one attached hydrogen (secondary N) is 2. The molecular weight excluding hydrogens is 682 g/mol. The van der Waals surface area contributed by atoms with Gasteiger partial charge in [0.2, 0.25) is 0 Å². The van der Waals surface area contributed by atoms with Crippen molar-refractivity contribution in [3.05, 3.63) is 70.8 Å². The molecule has 8 nitrogen and oxygen atoms in total. The van der Waals surface area contributed by atoms with E-state index in [0.29, 0.717) is 37.1 Å². The van der Waals surface area contributed by atoms with Crippen LogP contribution in [0, 0.1) is 0 Å². The van der Waals surface area contributed by atoms with E-state index < -0.39 is 12.5 Å². The standard InChI is InChI=1S/C40H56BCl2N4O4/c42-39-21-15-37(16-22-39,17-23-39)31-11-7-29(8-12-31)35(48)46-33(5-1-3-27-44)50-41-51-34(6-2-4-28-45)47-36(49)30-9-13-32(14-10-30)38-18-24-40(43,25-19-38)26-20-38/h7-14,33-34H,1-6,15-28,44-45H2,(H,46,48)(H,47,49). The summed E-state index contributed by atoms with van der Waals surface area (Å²) < 4.78 is 11.9. The molecule has 4 bridgehead atoms. The predicted molar refractivity (Wildman–Crippen MR) is 205 cm³/mol. The average molecular weight is 739 g/mol. The van der Waals surface area contributed by atoms with E-state index in [2.05, 4.69) is 34.9 Å². The molecule has 6 aliphatic rings. The minimum absolute atomic E-state index is 0.00700. The lowest BCUT2D eigenvalue weighted by Gasteiger charge is -2.51. The second-order valence-electron chi connectivity index (χ2n) is 15.9. The number of hydrogen-bond acceptors (Lipinski definition) is 6. The Morgan fingerprint density at radius 1 is 0.588 bits per heavy atom. The van der Waals surface area contributed by atoms with Gasteiger partial charge in [-0.2, -0.15) is 0 Å². The van der Waals surface area contributed by atoms with Crippen molar-refractivity contribution < 1.29 is 18.9 Å². The molecule has 1 radical (unpaired) electrons. The highest BCUT2D eigenvalue weighted by Gasteiger charge is 2.49. The Bertz CT molecular complexity index is 1320. The molecule has 277 valence electrons. The summed E-state index contributed by atoms with van der Waals surface area (Å²) in [5, 5.41) is 6.05. The van der Waals surface area contributed by atoms with E-state index in [1.54, 1.807) is 0 Å². The maximum absolute atomic E-state index is 13.4. The smallest absolute Gasteiger partial charge is 0.393 e. The number of amides is 2. The molecule has 11 heteroatoms. The van der Waals surface area contributed by atoms with Crippen molar-refractivity contribution in [3.63, 3.8) is 0 Å². The van der Waals surface area contributed by atoms with Crippen molar-refractivity contribution in [1.29, 1.82) is 0 Å². The summed E-state index contributed by atoms with van der Waals surface area (Å²) in [6, 6.07) is 16.1. The van der Waals surface area contributed by atoms with Gasteiger partial charge in [0.25, 0.3) is 11.8 Å². The topological polar surface area (TPSA) is 129 Å². The highest BCUT2D eigenvalue weighted by molar-refractivity contribution is 6.24. The van der Waals surface area contributed by atoms with Gasteiger partial charge in [-0.25, -0.2) is 0 Å². The summed E-state index contributed by atoms with van der Waals surface area (Å²) in [4.78, 5) is 26.7. The second kappa shape index (κ2) is 16.9. The minimum Gasteiger partial charge on any atom is -0.393 e. The molecule has 2 aromatic rings. The van der Waals surface area contributed by atoms with Crippen molar-refractivity contribution in [1.82, 2.24) is 10.6 Å². The zero-order valence-electron chi connectivity index (χ0n) is 30.0. The molecule has 6 saturated carbocycles. The summed E-state index contributed by atoms with van der Waals surface area (Å²) in [5.74, 6) is -0.423. The Kier molecular flexibility index (Phi) is 12.8. The molecule has 6 N–H and O–H groups in total. The number of alkyl halides is 2. The first-order chi connectivity index (χ1) is 24.6. The van der Waals surface area contributed by atoms with Crippen molar-refractivity contribution in [2.24, 2.45) is 11.5 Å². The number of hydrogen-bond donors (Lipinski definition) is 4. The maximum atomic E-state index is 13.4. The van der Waals surface area contributed by atoms with E-state index in [1.165, 1.54) is 18.8 Å². The fraction of sp³-hybridized carbons (Fsp3) is 0.650. The van der Waals surface area contributed by atoms with Gasteiger partial charge < -0.3 is 31.4 Å². The van der Waals surface area contributed by atoms with Gasteiger partial charge in [-0.05, 0) is 175 Å². The Morgan fingerprint density at radius 2 is 0.922 bits per heavy atom. The molecule has 0 aliphatic heterocycles. The Labute approximate surface area is 315 Å². The molecule has 2 amide bonds. The van der Waals surface area contributed by atoms with Crippen molar-refractivity contribution >= 4 is 42.7 Å². The van der Waals surface area contributed by atoms with Crippen LogP contribution in [-0.4, -0.2) is 54.8 Å². The van der Waals surface area contributed by atoms with Crippen LogP contribution in [-0.2, 0) is 20.1 Å². The van der Waals surface area contributed by atoms with E-state index in [-0.39, 0.29) is 32.4 Å². The number of nitrogens with two attached hydrogens (primary N) is 2. The third kappa shape index (κ3) is 9.33. The van der Waals surface area contributed by atoms with Crippen LogP contribution in [0.15, 0.2) is 48.5 Å². The number of unbranched alkanes of at least 4 members (excludes halogenated alkanes) is 2. The van der Waals surface area contributed by atoms with E-state index in [4.69, 9.17) is 44.0 Å². The van der Waals surface area contributed by atoms with Gasteiger partial charge in [0.05, 0.1) is 0 Å². The van der Waals surface area contributed by atoms with Gasteiger partial charge in [0, 0.05) is 20.9 Å². The van der Waals surface area contributed by atoms with Gasteiger partial charge in [0.1, 0.15) is 12.5 Å². The zero-order chi connectivity index (χ0) is 36.0. The summed E-state index contributed by atoms with van der Waals surface area (Å²) >= 11 is 13.5. The Hall–Kier alpha value is -2.14. The monoisotopic (exact) mass is 737 g/mol. The minimum atomic E-state index is -0.619. The summed E-state index contributed by atoms with van der Waals surface area (Å²) in [6.07, 6.45) is 16.0. The van der Waals surface area contributed by atoms with Crippen molar-refractivity contribution in [3.8, 4) is 0 Å². The maximum Gasteiger partial charge on any atom is 0.491 e. The van der Waals surface area contributed by atoms with Gasteiger partial charge in [0.15, 0.2) is 0 Å². The summed E-state index contributed by atoms with van der Waals surface area (Å²) in [7, 11) is 1.25. The summed E-state index contributed by atoms with van der Waals surface area (Å²) in [5.41, 5.74) is 15.6. The SMILES string of the molecule is NCCCCC(NC(=O)c1ccc(C23CCC(Cl)(CC2)CC3)cc1)O[B]OC(CCCCN)NC(=O)c1ccc(C23CCC(Cl)(CC2)CC3)cc1. The highest BCUT2D eigenvalue weighted by Crippen LogP contribution is 2.57. The van der Waals surface area contributed by atoms with Crippen LogP contribution >= 0.6 is 23.2 Å². The third-order valence-corrected chi connectivity index (χ3v) is 13.8.